The van der Waals surface area contributed by atoms with E-state index in [1.807, 2.05) is 0 Å². The molecule has 0 spiro atoms. The summed E-state index contributed by atoms with van der Waals surface area (Å²) in [6.45, 7) is 0.121. The van der Waals surface area contributed by atoms with Crippen LogP contribution in [0.3, 0.4) is 0 Å². The fraction of sp³-hybridized carbons (Fsp3) is 0.0455. The van der Waals surface area contributed by atoms with Gasteiger partial charge in [-0.15, -0.1) is 0 Å². The van der Waals surface area contributed by atoms with Crippen molar-refractivity contribution < 1.29 is 23.8 Å². The molecule has 31 heavy (non-hydrogen) atoms. The fourth-order valence-corrected chi connectivity index (χ4v) is 3.24. The molecular weight excluding hydrogens is 443 g/mol. The second-order valence-electron chi connectivity index (χ2n) is 6.35. The van der Waals surface area contributed by atoms with E-state index < -0.39 is 11.9 Å². The summed E-state index contributed by atoms with van der Waals surface area (Å²) in [5.41, 5.74) is 3.57. The van der Waals surface area contributed by atoms with Gasteiger partial charge in [-0.05, 0) is 54.1 Å². The van der Waals surface area contributed by atoms with Gasteiger partial charge in [0.1, 0.15) is 5.75 Å². The third-order valence-electron chi connectivity index (χ3n) is 4.23. The minimum atomic E-state index is -0.543. The number of nitrogens with one attached hydrogen (secondary N) is 1. The maximum absolute atomic E-state index is 12.4. The van der Waals surface area contributed by atoms with E-state index >= 15 is 0 Å². The highest BCUT2D eigenvalue weighted by Crippen LogP contribution is 2.32. The van der Waals surface area contributed by atoms with Crippen LogP contribution in [-0.2, 0) is 0 Å². The molecule has 0 fully saturated rings. The van der Waals surface area contributed by atoms with E-state index in [1.54, 1.807) is 48.5 Å². The third kappa shape index (κ3) is 4.96. The lowest BCUT2D eigenvalue weighted by molar-refractivity contribution is 0.0734. The fourth-order valence-electron chi connectivity index (χ4n) is 2.75. The molecule has 3 aromatic rings. The normalized spacial score (nSPS) is 12.1. The number of ether oxygens (including phenoxy) is 3. The van der Waals surface area contributed by atoms with Crippen LogP contribution in [-0.4, -0.2) is 24.9 Å². The Morgan fingerprint density at radius 2 is 1.84 bits per heavy atom. The van der Waals surface area contributed by atoms with Gasteiger partial charge in [-0.3, -0.25) is 4.79 Å². The van der Waals surface area contributed by atoms with Gasteiger partial charge in [-0.1, -0.05) is 35.3 Å². The summed E-state index contributed by atoms with van der Waals surface area (Å²) in [5.74, 6) is 0.364. The van der Waals surface area contributed by atoms with Crippen LogP contribution in [0.4, 0.5) is 0 Å². The Morgan fingerprint density at radius 1 is 1.00 bits per heavy atom. The molecule has 1 aliphatic heterocycles. The molecule has 0 aliphatic carbocycles. The molecule has 1 heterocycles. The largest absolute Gasteiger partial charge is 0.454 e. The Kier molecular flexibility index (Phi) is 6.06. The molecule has 1 N–H and O–H groups in total. The van der Waals surface area contributed by atoms with E-state index in [0.717, 1.165) is 0 Å². The highest BCUT2D eigenvalue weighted by molar-refractivity contribution is 6.36. The van der Waals surface area contributed by atoms with E-state index in [2.05, 4.69) is 10.5 Å². The van der Waals surface area contributed by atoms with Gasteiger partial charge in [0.05, 0.1) is 22.4 Å². The topological polar surface area (TPSA) is 86.2 Å². The van der Waals surface area contributed by atoms with Crippen LogP contribution in [0.15, 0.2) is 65.8 Å². The number of amides is 1. The van der Waals surface area contributed by atoms with Gasteiger partial charge in [-0.2, -0.15) is 5.10 Å². The number of fused-ring (bicyclic) bond motifs is 1. The zero-order valence-electron chi connectivity index (χ0n) is 15.8. The van der Waals surface area contributed by atoms with Crippen LogP contribution in [0.1, 0.15) is 26.3 Å². The summed E-state index contributed by atoms with van der Waals surface area (Å²) in [6.07, 6.45) is 1.42. The summed E-state index contributed by atoms with van der Waals surface area (Å²) in [4.78, 5) is 24.6. The first kappa shape index (κ1) is 20.7. The smallest absolute Gasteiger partial charge is 0.343 e. The quantitative estimate of drug-likeness (QED) is 0.260. The molecular formula is C22H14Cl2N2O5. The molecule has 0 unspecified atom stereocenters. The number of rotatable bonds is 5. The second-order valence-corrected chi connectivity index (χ2v) is 7.20. The van der Waals surface area contributed by atoms with E-state index in [4.69, 9.17) is 37.4 Å². The van der Waals surface area contributed by atoms with Crippen molar-refractivity contribution >= 4 is 41.3 Å². The summed E-state index contributed by atoms with van der Waals surface area (Å²) in [6, 6.07) is 16.0. The number of hydrogen-bond donors (Lipinski definition) is 1. The third-order valence-corrected chi connectivity index (χ3v) is 4.78. The van der Waals surface area contributed by atoms with Crippen molar-refractivity contribution in [3.05, 3.63) is 87.4 Å². The number of halogens is 2. The van der Waals surface area contributed by atoms with Crippen LogP contribution in [0.5, 0.6) is 17.2 Å². The Bertz CT molecular complexity index is 1200. The molecule has 7 nitrogen and oxygen atoms in total. The van der Waals surface area contributed by atoms with Crippen molar-refractivity contribution in [1.29, 1.82) is 0 Å². The number of carbonyl (C=O) groups is 2. The number of nitrogens with zero attached hydrogens (tertiary/aromatic N) is 1. The molecule has 156 valence electrons. The predicted molar refractivity (Wildman–Crippen MR) is 115 cm³/mol. The monoisotopic (exact) mass is 456 g/mol. The SMILES string of the molecule is O=C(Oc1cccc(/C=N\NC(=O)c2ccc(Cl)cc2Cl)c1)c1ccc2c(c1)OCO2. The number of hydrazone groups is 1. The van der Waals surface area contributed by atoms with Crippen LogP contribution < -0.4 is 19.6 Å². The van der Waals surface area contributed by atoms with E-state index in [0.29, 0.717) is 33.4 Å². The Balaban J connectivity index is 1.40. The lowest BCUT2D eigenvalue weighted by Gasteiger charge is -2.06. The molecule has 0 radical (unpaired) electrons. The number of benzene rings is 3. The summed E-state index contributed by atoms with van der Waals surface area (Å²) in [5, 5.41) is 4.56. The zero-order valence-corrected chi connectivity index (χ0v) is 17.3. The minimum Gasteiger partial charge on any atom is -0.454 e. The maximum Gasteiger partial charge on any atom is 0.343 e. The van der Waals surface area contributed by atoms with E-state index in [9.17, 15) is 9.59 Å². The lowest BCUT2D eigenvalue weighted by atomic mass is 10.2. The van der Waals surface area contributed by atoms with Crippen molar-refractivity contribution in [2.24, 2.45) is 5.10 Å². The number of carbonyl (C=O) groups excluding carboxylic acids is 2. The first-order valence-corrected chi connectivity index (χ1v) is 9.75. The van der Waals surface area contributed by atoms with Crippen molar-refractivity contribution in [2.45, 2.75) is 0 Å². The van der Waals surface area contributed by atoms with Crippen LogP contribution in [0.25, 0.3) is 0 Å². The highest BCUT2D eigenvalue weighted by atomic mass is 35.5. The van der Waals surface area contributed by atoms with Gasteiger partial charge in [0.15, 0.2) is 11.5 Å². The summed E-state index contributed by atoms with van der Waals surface area (Å²) < 4.78 is 15.9. The Labute approximate surface area is 187 Å². The van der Waals surface area contributed by atoms with Gasteiger partial charge >= 0.3 is 5.97 Å². The van der Waals surface area contributed by atoms with Crippen molar-refractivity contribution in [3.8, 4) is 17.2 Å². The first-order valence-electron chi connectivity index (χ1n) is 9.00. The predicted octanol–water partition coefficient (Wildman–Crippen LogP) is 4.71. The first-order chi connectivity index (χ1) is 15.0. The van der Waals surface area contributed by atoms with Gasteiger partial charge in [0.2, 0.25) is 6.79 Å². The Hall–Kier alpha value is -3.55. The van der Waals surface area contributed by atoms with E-state index in [-0.39, 0.29) is 17.4 Å². The molecule has 0 bridgehead atoms. The van der Waals surface area contributed by atoms with Gasteiger partial charge in [-0.25, -0.2) is 10.2 Å². The molecule has 0 aromatic heterocycles. The molecule has 0 saturated heterocycles. The van der Waals surface area contributed by atoms with Crippen LogP contribution in [0.2, 0.25) is 10.0 Å². The standard InChI is InChI=1S/C22H14Cl2N2O5/c23-15-5-6-17(18(24)10-15)21(27)26-25-11-13-2-1-3-16(8-13)31-22(28)14-4-7-19-20(9-14)30-12-29-19/h1-11H,12H2,(H,26,27)/b25-11-. The van der Waals surface area contributed by atoms with Crippen molar-refractivity contribution in [1.82, 2.24) is 5.43 Å². The number of hydrogen-bond acceptors (Lipinski definition) is 6. The molecule has 3 aromatic carbocycles. The summed E-state index contributed by atoms with van der Waals surface area (Å²) in [7, 11) is 0. The molecule has 4 rings (SSSR count). The van der Waals surface area contributed by atoms with Gasteiger partial charge < -0.3 is 14.2 Å². The van der Waals surface area contributed by atoms with Crippen LogP contribution >= 0.6 is 23.2 Å². The van der Waals surface area contributed by atoms with Gasteiger partial charge in [0.25, 0.3) is 5.91 Å². The van der Waals surface area contributed by atoms with Crippen molar-refractivity contribution in [2.75, 3.05) is 6.79 Å². The molecule has 0 atom stereocenters. The average molecular weight is 457 g/mol. The van der Waals surface area contributed by atoms with Crippen LogP contribution in [0, 0.1) is 0 Å². The molecule has 1 aliphatic rings. The second kappa shape index (κ2) is 9.07. The molecule has 9 heteroatoms. The highest BCUT2D eigenvalue weighted by Gasteiger charge is 2.17. The van der Waals surface area contributed by atoms with Gasteiger partial charge in [0, 0.05) is 5.02 Å². The molecule has 1 amide bonds. The average Bonchev–Trinajstić information content (AvgIpc) is 3.22. The lowest BCUT2D eigenvalue weighted by Crippen LogP contribution is -2.18. The zero-order chi connectivity index (χ0) is 21.8. The Morgan fingerprint density at radius 3 is 2.68 bits per heavy atom. The summed E-state index contributed by atoms with van der Waals surface area (Å²) >= 11 is 11.8. The van der Waals surface area contributed by atoms with E-state index in [1.165, 1.54) is 18.3 Å². The van der Waals surface area contributed by atoms with Crippen molar-refractivity contribution in [3.63, 3.8) is 0 Å². The molecule has 0 saturated carbocycles. The minimum absolute atomic E-state index is 0.121. The maximum atomic E-state index is 12.4. The number of esters is 1.